The average Bonchev–Trinajstić information content (AvgIpc) is 2.75. The van der Waals surface area contributed by atoms with Gasteiger partial charge in [0.1, 0.15) is 5.75 Å². The Labute approximate surface area is 169 Å². The highest BCUT2D eigenvalue weighted by Crippen LogP contribution is 2.28. The molecule has 2 aliphatic rings. The van der Waals surface area contributed by atoms with Gasteiger partial charge in [0, 0.05) is 18.7 Å². The van der Waals surface area contributed by atoms with Crippen molar-refractivity contribution in [2.75, 3.05) is 13.2 Å². The number of nitrogens with zero attached hydrogens (tertiary/aromatic N) is 1. The molecule has 1 atom stereocenters. The smallest absolute Gasteiger partial charge is 0.411 e. The largest absolute Gasteiger partial charge is 0.479 e. The van der Waals surface area contributed by atoms with Crippen LogP contribution in [0.3, 0.4) is 0 Å². The number of fused-ring (bicyclic) bond motifs is 2. The molecule has 0 fully saturated rings. The molecule has 6 heteroatoms. The van der Waals surface area contributed by atoms with Crippen molar-refractivity contribution in [2.45, 2.75) is 31.9 Å². The number of carbonyl (C=O) groups is 2. The van der Waals surface area contributed by atoms with Crippen molar-refractivity contribution in [1.82, 2.24) is 4.90 Å². The first-order valence-electron chi connectivity index (χ1n) is 9.60. The summed E-state index contributed by atoms with van der Waals surface area (Å²) in [7, 11) is 0. The van der Waals surface area contributed by atoms with Crippen molar-refractivity contribution < 1.29 is 24.2 Å². The van der Waals surface area contributed by atoms with Crippen LogP contribution in [0.5, 0.6) is 5.75 Å². The van der Waals surface area contributed by atoms with E-state index in [0.29, 0.717) is 31.7 Å². The van der Waals surface area contributed by atoms with Gasteiger partial charge in [0.15, 0.2) is 12.7 Å². The number of carbonyl (C=O) groups excluding carboxylic acids is 1. The Morgan fingerprint density at radius 2 is 1.97 bits per heavy atom. The van der Waals surface area contributed by atoms with Crippen LogP contribution in [0.1, 0.15) is 28.7 Å². The molecule has 4 rings (SSSR count). The molecule has 148 valence electrons. The number of carboxylic acids is 1. The van der Waals surface area contributed by atoms with E-state index >= 15 is 0 Å². The van der Waals surface area contributed by atoms with Gasteiger partial charge < -0.3 is 19.5 Å². The number of amides is 1. The molecule has 0 saturated heterocycles. The van der Waals surface area contributed by atoms with Crippen LogP contribution in [0.2, 0.25) is 0 Å². The minimum Gasteiger partial charge on any atom is -0.479 e. The van der Waals surface area contributed by atoms with Crippen LogP contribution in [0.15, 0.2) is 42.5 Å². The fourth-order valence-electron chi connectivity index (χ4n) is 3.62. The van der Waals surface area contributed by atoms with Crippen molar-refractivity contribution in [2.24, 2.45) is 0 Å². The third-order valence-corrected chi connectivity index (χ3v) is 5.17. The van der Waals surface area contributed by atoms with Crippen LogP contribution in [0, 0.1) is 11.8 Å². The van der Waals surface area contributed by atoms with Gasteiger partial charge in [-0.3, -0.25) is 0 Å². The molecule has 2 aromatic rings. The lowest BCUT2D eigenvalue weighted by atomic mass is 10.00. The summed E-state index contributed by atoms with van der Waals surface area (Å²) in [5.41, 5.74) is 4.16. The summed E-state index contributed by atoms with van der Waals surface area (Å²) in [6, 6.07) is 13.5. The van der Waals surface area contributed by atoms with Gasteiger partial charge in [0.05, 0.1) is 0 Å². The molecule has 2 aromatic carbocycles. The van der Waals surface area contributed by atoms with E-state index in [-0.39, 0.29) is 12.7 Å². The summed E-state index contributed by atoms with van der Waals surface area (Å²) >= 11 is 0. The van der Waals surface area contributed by atoms with E-state index in [4.69, 9.17) is 14.6 Å². The summed E-state index contributed by atoms with van der Waals surface area (Å²) in [5.74, 6) is 5.50. The summed E-state index contributed by atoms with van der Waals surface area (Å²) in [6.45, 7) is 1.22. The average molecular weight is 391 g/mol. The second-order valence-electron chi connectivity index (χ2n) is 7.10. The van der Waals surface area contributed by atoms with Crippen molar-refractivity contribution in [1.29, 1.82) is 0 Å². The van der Waals surface area contributed by atoms with Gasteiger partial charge in [-0.25, -0.2) is 9.59 Å². The molecule has 29 heavy (non-hydrogen) atoms. The fraction of sp³-hybridized carbons (Fsp3) is 0.304. The number of rotatable bonds is 2. The minimum absolute atomic E-state index is 0.0195. The first-order chi connectivity index (χ1) is 14.1. The lowest BCUT2D eigenvalue weighted by Gasteiger charge is -2.27. The third-order valence-electron chi connectivity index (χ3n) is 5.17. The van der Waals surface area contributed by atoms with Crippen LogP contribution in [0.25, 0.3) is 0 Å². The maximum atomic E-state index is 12.3. The molecule has 0 saturated carbocycles. The summed E-state index contributed by atoms with van der Waals surface area (Å²) < 4.78 is 10.8. The maximum absolute atomic E-state index is 12.3. The summed E-state index contributed by atoms with van der Waals surface area (Å²) in [5, 5.41) is 9.06. The highest BCUT2D eigenvalue weighted by molar-refractivity contribution is 5.73. The zero-order chi connectivity index (χ0) is 20.2. The van der Waals surface area contributed by atoms with Crippen LogP contribution < -0.4 is 4.74 Å². The Morgan fingerprint density at radius 1 is 1.14 bits per heavy atom. The number of ether oxygens (including phenoxy) is 2. The second kappa shape index (κ2) is 8.27. The molecule has 1 amide bonds. The zero-order valence-corrected chi connectivity index (χ0v) is 15.9. The van der Waals surface area contributed by atoms with Gasteiger partial charge in [-0.15, -0.1) is 0 Å². The Bertz CT molecular complexity index is 1000. The van der Waals surface area contributed by atoms with Crippen molar-refractivity contribution in [3.63, 3.8) is 0 Å². The molecule has 1 unspecified atom stereocenters. The number of aliphatic carboxylic acids is 1. The SMILES string of the molecule is O=C(O)C1CCc2cc(C#CCOC(=O)N3CCc4ccccc4C3)ccc2O1. The quantitative estimate of drug-likeness (QED) is 0.797. The highest BCUT2D eigenvalue weighted by atomic mass is 16.6. The predicted molar refractivity (Wildman–Crippen MR) is 106 cm³/mol. The first-order valence-corrected chi connectivity index (χ1v) is 9.60. The van der Waals surface area contributed by atoms with Crippen LogP contribution in [-0.2, 0) is 28.9 Å². The van der Waals surface area contributed by atoms with E-state index in [9.17, 15) is 9.59 Å². The van der Waals surface area contributed by atoms with Gasteiger partial charge in [0.25, 0.3) is 0 Å². The molecule has 2 aliphatic heterocycles. The summed E-state index contributed by atoms with van der Waals surface area (Å²) in [6.07, 6.45) is 0.757. The third kappa shape index (κ3) is 4.35. The Balaban J connectivity index is 1.31. The summed E-state index contributed by atoms with van der Waals surface area (Å²) in [4.78, 5) is 25.0. The van der Waals surface area contributed by atoms with E-state index in [2.05, 4.69) is 17.9 Å². The molecular weight excluding hydrogens is 370 g/mol. The number of carboxylic acid groups (broad SMARTS) is 1. The zero-order valence-electron chi connectivity index (χ0n) is 15.9. The molecular formula is C23H21NO5. The van der Waals surface area contributed by atoms with E-state index < -0.39 is 12.1 Å². The molecule has 0 aliphatic carbocycles. The standard InChI is InChI=1S/C23H21NO5/c25-22(26)21-10-8-18-14-16(7-9-20(18)29-21)4-3-13-28-23(27)24-12-11-17-5-1-2-6-19(17)15-24/h1-2,5-7,9,14,21H,8,10-13,15H2,(H,25,26). The van der Waals surface area contributed by atoms with E-state index in [1.807, 2.05) is 24.3 Å². The fourth-order valence-corrected chi connectivity index (χ4v) is 3.62. The van der Waals surface area contributed by atoms with Gasteiger partial charge in [0.2, 0.25) is 0 Å². The molecule has 0 spiro atoms. The number of aryl methyl sites for hydroxylation is 1. The topological polar surface area (TPSA) is 76.1 Å². The van der Waals surface area contributed by atoms with Gasteiger partial charge in [-0.05, 0) is 54.2 Å². The number of hydrogen-bond acceptors (Lipinski definition) is 4. The molecule has 6 nitrogen and oxygen atoms in total. The van der Waals surface area contributed by atoms with Crippen molar-refractivity contribution >= 4 is 12.1 Å². The maximum Gasteiger partial charge on any atom is 0.411 e. The lowest BCUT2D eigenvalue weighted by Crippen LogP contribution is -2.36. The lowest BCUT2D eigenvalue weighted by molar-refractivity contribution is -0.145. The van der Waals surface area contributed by atoms with E-state index in [1.165, 1.54) is 5.56 Å². The van der Waals surface area contributed by atoms with E-state index in [0.717, 1.165) is 23.1 Å². The Hall–Kier alpha value is -3.46. The van der Waals surface area contributed by atoms with Gasteiger partial charge in [-0.1, -0.05) is 36.1 Å². The molecule has 0 radical (unpaired) electrons. The number of hydrogen-bond donors (Lipinski definition) is 1. The Morgan fingerprint density at radius 3 is 2.79 bits per heavy atom. The van der Waals surface area contributed by atoms with Crippen LogP contribution in [-0.4, -0.2) is 41.3 Å². The van der Waals surface area contributed by atoms with Crippen LogP contribution in [0.4, 0.5) is 4.79 Å². The Kier molecular flexibility index (Phi) is 5.39. The first kappa shape index (κ1) is 18.9. The van der Waals surface area contributed by atoms with Gasteiger partial charge in [-0.2, -0.15) is 0 Å². The molecule has 2 heterocycles. The second-order valence-corrected chi connectivity index (χ2v) is 7.10. The van der Waals surface area contributed by atoms with E-state index in [1.54, 1.807) is 17.0 Å². The minimum atomic E-state index is -0.946. The molecule has 1 N–H and O–H groups in total. The molecule has 0 aromatic heterocycles. The normalized spacial score (nSPS) is 17.1. The monoisotopic (exact) mass is 391 g/mol. The molecule has 0 bridgehead atoms. The number of benzene rings is 2. The van der Waals surface area contributed by atoms with Crippen molar-refractivity contribution in [3.8, 4) is 17.6 Å². The van der Waals surface area contributed by atoms with Crippen molar-refractivity contribution in [3.05, 3.63) is 64.7 Å². The highest BCUT2D eigenvalue weighted by Gasteiger charge is 2.25. The predicted octanol–water partition coefficient (Wildman–Crippen LogP) is 3.01. The van der Waals surface area contributed by atoms with Crippen LogP contribution >= 0.6 is 0 Å². The van der Waals surface area contributed by atoms with Gasteiger partial charge >= 0.3 is 12.1 Å².